The summed E-state index contributed by atoms with van der Waals surface area (Å²) in [6.45, 7) is 0. The van der Waals surface area contributed by atoms with Gasteiger partial charge in [0, 0.05) is 43.3 Å². The molecule has 0 aliphatic carbocycles. The van der Waals surface area contributed by atoms with Gasteiger partial charge in [-0.25, -0.2) is 9.97 Å². The Kier molecular flexibility index (Phi) is 5.86. The van der Waals surface area contributed by atoms with Crippen LogP contribution in [0.1, 0.15) is 0 Å². The molecule has 0 amide bonds. The van der Waals surface area contributed by atoms with Crippen LogP contribution in [-0.4, -0.2) is 14.5 Å². The molecule has 0 saturated carbocycles. The molecule has 0 unspecified atom stereocenters. The van der Waals surface area contributed by atoms with Crippen LogP contribution in [0, 0.1) is 0 Å². The molecule has 13 aromatic rings. The van der Waals surface area contributed by atoms with Gasteiger partial charge in [-0.2, -0.15) is 0 Å². The Morgan fingerprint density at radius 2 is 0.911 bits per heavy atom. The molecule has 10 aromatic carbocycles. The second-order valence-electron chi connectivity index (χ2n) is 14.9. The second kappa shape index (κ2) is 11.0. The Balaban J connectivity index is 1.22. The van der Waals surface area contributed by atoms with E-state index in [1.807, 2.05) is 12.1 Å². The molecule has 0 fully saturated rings. The minimum Gasteiger partial charge on any atom is -0.456 e. The molecular formula is C52H29N3O. The summed E-state index contributed by atoms with van der Waals surface area (Å²) in [5, 5.41) is 17.7. The highest BCUT2D eigenvalue weighted by Crippen LogP contribution is 2.45. The van der Waals surface area contributed by atoms with Crippen LogP contribution in [0.3, 0.4) is 0 Å². The van der Waals surface area contributed by atoms with Crippen molar-refractivity contribution < 1.29 is 4.42 Å². The lowest BCUT2D eigenvalue weighted by Crippen LogP contribution is -2.04. The number of furan rings is 1. The Labute approximate surface area is 319 Å². The van der Waals surface area contributed by atoms with Gasteiger partial charge in [-0.05, 0) is 85.6 Å². The normalized spacial score (nSPS) is 12.3. The van der Waals surface area contributed by atoms with E-state index in [0.717, 1.165) is 65.9 Å². The van der Waals surface area contributed by atoms with Crippen molar-refractivity contribution in [2.24, 2.45) is 0 Å². The van der Waals surface area contributed by atoms with Crippen molar-refractivity contribution in [2.45, 2.75) is 0 Å². The molecule has 0 N–H and O–H groups in total. The smallest absolute Gasteiger partial charge is 0.235 e. The molecule has 56 heavy (non-hydrogen) atoms. The van der Waals surface area contributed by atoms with Crippen LogP contribution in [-0.2, 0) is 0 Å². The van der Waals surface area contributed by atoms with Gasteiger partial charge in [0.05, 0.1) is 22.2 Å². The van der Waals surface area contributed by atoms with Crippen molar-refractivity contribution in [3.8, 4) is 17.2 Å². The van der Waals surface area contributed by atoms with E-state index in [9.17, 15) is 0 Å². The van der Waals surface area contributed by atoms with Gasteiger partial charge >= 0.3 is 0 Å². The van der Waals surface area contributed by atoms with Crippen LogP contribution in [0.4, 0.5) is 0 Å². The molecule has 4 heteroatoms. The predicted octanol–water partition coefficient (Wildman–Crippen LogP) is 14.1. The minimum atomic E-state index is 0.640. The highest BCUT2D eigenvalue weighted by Gasteiger charge is 2.23. The summed E-state index contributed by atoms with van der Waals surface area (Å²) >= 11 is 0. The van der Waals surface area contributed by atoms with Crippen LogP contribution in [0.2, 0.25) is 0 Å². The van der Waals surface area contributed by atoms with E-state index in [-0.39, 0.29) is 0 Å². The number of rotatable bonds is 2. The van der Waals surface area contributed by atoms with Crippen molar-refractivity contribution in [3.63, 3.8) is 0 Å². The summed E-state index contributed by atoms with van der Waals surface area (Å²) in [5.41, 5.74) is 6.71. The number of hydrogen-bond donors (Lipinski definition) is 0. The van der Waals surface area contributed by atoms with E-state index in [1.54, 1.807) is 0 Å². The third-order valence-electron chi connectivity index (χ3n) is 12.0. The van der Waals surface area contributed by atoms with E-state index >= 15 is 0 Å². The van der Waals surface area contributed by atoms with Gasteiger partial charge in [-0.3, -0.25) is 4.57 Å². The number of hydrogen-bond acceptors (Lipinski definition) is 3. The second-order valence-corrected chi connectivity index (χ2v) is 14.9. The van der Waals surface area contributed by atoms with Gasteiger partial charge in [0.15, 0.2) is 0 Å². The molecule has 0 spiro atoms. The van der Waals surface area contributed by atoms with Crippen LogP contribution >= 0.6 is 0 Å². The molecule has 0 bridgehead atoms. The van der Waals surface area contributed by atoms with Crippen molar-refractivity contribution in [2.75, 3.05) is 0 Å². The first-order chi connectivity index (χ1) is 27.8. The molecular weight excluding hydrogens is 683 g/mol. The molecule has 0 atom stereocenters. The highest BCUT2D eigenvalue weighted by atomic mass is 16.3. The molecule has 0 aliphatic heterocycles. The monoisotopic (exact) mass is 711 g/mol. The summed E-state index contributed by atoms with van der Waals surface area (Å²) in [6.07, 6.45) is 0. The molecule has 4 nitrogen and oxygen atoms in total. The van der Waals surface area contributed by atoms with E-state index in [2.05, 4.69) is 168 Å². The lowest BCUT2D eigenvalue weighted by Gasteiger charge is -2.14. The van der Waals surface area contributed by atoms with E-state index in [0.29, 0.717) is 5.95 Å². The van der Waals surface area contributed by atoms with Crippen LogP contribution < -0.4 is 0 Å². The zero-order valence-corrected chi connectivity index (χ0v) is 30.0. The fourth-order valence-electron chi connectivity index (χ4n) is 9.52. The standard InChI is InChI=1S/C52H29N3O/c1-3-13-33-30(11-1)22-26-43-48(33)49-44(27-25-40-37-17-6-5-15-35(37)36-16-7-8-19-39(36)47(40)49)55(43)52-53-50(41-24-21-31-12-2-4-14-34(31)51(41)54-52)32-23-28-46-42(29-32)38-18-9-10-20-45(38)56-46/h1-29H. The summed E-state index contributed by atoms with van der Waals surface area (Å²) < 4.78 is 8.56. The van der Waals surface area contributed by atoms with Gasteiger partial charge in [0.25, 0.3) is 0 Å². The molecule has 258 valence electrons. The average molecular weight is 712 g/mol. The van der Waals surface area contributed by atoms with Gasteiger partial charge in [0.1, 0.15) is 11.2 Å². The van der Waals surface area contributed by atoms with Crippen LogP contribution in [0.15, 0.2) is 180 Å². The number of benzene rings is 10. The zero-order chi connectivity index (χ0) is 36.5. The third kappa shape index (κ3) is 3.97. The molecule has 13 rings (SSSR count). The maximum absolute atomic E-state index is 6.26. The predicted molar refractivity (Wildman–Crippen MR) is 234 cm³/mol. The van der Waals surface area contributed by atoms with Crippen molar-refractivity contribution in [1.29, 1.82) is 0 Å². The molecule has 3 aromatic heterocycles. The third-order valence-corrected chi connectivity index (χ3v) is 12.0. The maximum Gasteiger partial charge on any atom is 0.235 e. The fourth-order valence-corrected chi connectivity index (χ4v) is 9.52. The SMILES string of the molecule is c1ccc2c(c1)ccc1c(-c3ccc4oc5ccccc5c4c3)nc(-n3c4ccc5ccccc5c4c4c5c6ccccc6c6ccccc6c5ccc43)nc12. The number of aromatic nitrogens is 3. The first-order valence-electron chi connectivity index (χ1n) is 19.1. The summed E-state index contributed by atoms with van der Waals surface area (Å²) in [4.78, 5) is 11.1. The Hall–Kier alpha value is -7.56. The quantitative estimate of drug-likeness (QED) is 0.168. The molecule has 0 radical (unpaired) electrons. The summed E-state index contributed by atoms with van der Waals surface area (Å²) in [6, 6.07) is 63.0. The minimum absolute atomic E-state index is 0.640. The van der Waals surface area contributed by atoms with Crippen molar-refractivity contribution in [1.82, 2.24) is 14.5 Å². The Morgan fingerprint density at radius 3 is 1.71 bits per heavy atom. The van der Waals surface area contributed by atoms with Gasteiger partial charge in [-0.15, -0.1) is 0 Å². The first-order valence-corrected chi connectivity index (χ1v) is 19.1. The van der Waals surface area contributed by atoms with Gasteiger partial charge in [-0.1, -0.05) is 133 Å². The largest absolute Gasteiger partial charge is 0.456 e. The number of para-hydroxylation sites is 1. The van der Waals surface area contributed by atoms with Gasteiger partial charge < -0.3 is 4.42 Å². The first kappa shape index (κ1) is 29.8. The van der Waals surface area contributed by atoms with E-state index in [4.69, 9.17) is 14.4 Å². The average Bonchev–Trinajstić information content (AvgIpc) is 3.82. The van der Waals surface area contributed by atoms with E-state index < -0.39 is 0 Å². The lowest BCUT2D eigenvalue weighted by atomic mass is 9.91. The Bertz CT molecular complexity index is 3800. The lowest BCUT2D eigenvalue weighted by molar-refractivity contribution is 0.669. The number of fused-ring (bicyclic) bond motifs is 18. The van der Waals surface area contributed by atoms with Crippen molar-refractivity contribution in [3.05, 3.63) is 176 Å². The molecule has 3 heterocycles. The fraction of sp³-hybridized carbons (Fsp3) is 0. The number of nitrogens with zero attached hydrogens (tertiary/aromatic N) is 3. The van der Waals surface area contributed by atoms with Crippen LogP contribution in [0.25, 0.3) is 126 Å². The molecule has 0 aliphatic rings. The van der Waals surface area contributed by atoms with Crippen molar-refractivity contribution >= 4 is 109 Å². The maximum atomic E-state index is 6.26. The van der Waals surface area contributed by atoms with E-state index in [1.165, 1.54) is 53.9 Å². The summed E-state index contributed by atoms with van der Waals surface area (Å²) in [7, 11) is 0. The van der Waals surface area contributed by atoms with Crippen LogP contribution in [0.5, 0.6) is 0 Å². The highest BCUT2D eigenvalue weighted by molar-refractivity contribution is 6.37. The zero-order valence-electron chi connectivity index (χ0n) is 30.0. The molecule has 0 saturated heterocycles. The topological polar surface area (TPSA) is 43.9 Å². The van der Waals surface area contributed by atoms with Gasteiger partial charge in [0.2, 0.25) is 5.95 Å². The summed E-state index contributed by atoms with van der Waals surface area (Å²) in [5.74, 6) is 0.640. The Morgan fingerprint density at radius 1 is 0.357 bits per heavy atom.